The van der Waals surface area contributed by atoms with Crippen molar-refractivity contribution in [2.75, 3.05) is 18.9 Å². The Kier molecular flexibility index (Phi) is 8.78. The first-order chi connectivity index (χ1) is 17.2. The van der Waals surface area contributed by atoms with E-state index < -0.39 is 99.1 Å². The Bertz CT molecular complexity index is 1090. The molecule has 3 rings (SSSR count). The third-order valence-corrected chi connectivity index (χ3v) is 8.42. The molecule has 1 aromatic rings. The Morgan fingerprint density at radius 3 is 2.57 bits per heavy atom. The average molecular weight is 555 g/mol. The highest BCUT2D eigenvalue weighted by Crippen LogP contribution is 2.61. The van der Waals surface area contributed by atoms with Crippen LogP contribution < -0.4 is 11.4 Å². The molecule has 2 saturated heterocycles. The van der Waals surface area contributed by atoms with Crippen LogP contribution in [0.2, 0.25) is 0 Å². The van der Waals surface area contributed by atoms with Gasteiger partial charge in [-0.25, -0.2) is 9.59 Å². The molecule has 1 aromatic heterocycles. The van der Waals surface area contributed by atoms with E-state index in [-0.39, 0.29) is 5.82 Å². The molecule has 10 N–H and O–H groups in total. The number of rotatable bonds is 9. The number of aliphatic hydroxyl groups excluding tert-OH is 6. The Hall–Kier alpha value is -2.02. The van der Waals surface area contributed by atoms with Crippen LogP contribution in [-0.2, 0) is 23.4 Å². The fourth-order valence-corrected chi connectivity index (χ4v) is 5.68. The van der Waals surface area contributed by atoms with Crippen molar-refractivity contribution in [3.8, 4) is 0 Å². The number of carboxylic acids is 1. The van der Waals surface area contributed by atoms with Gasteiger partial charge in [0.25, 0.3) is 5.34 Å². The van der Waals surface area contributed by atoms with Gasteiger partial charge in [-0.2, -0.15) is 4.98 Å². The molecular formula is C19H30N3O14P. The second-order valence-corrected chi connectivity index (χ2v) is 11.0. The highest BCUT2D eigenvalue weighted by Gasteiger charge is 2.64. The van der Waals surface area contributed by atoms with Gasteiger partial charge in [0.15, 0.2) is 6.23 Å². The summed E-state index contributed by atoms with van der Waals surface area (Å²) in [5.74, 6) is -3.19. The minimum absolute atomic E-state index is 0.117. The van der Waals surface area contributed by atoms with Crippen LogP contribution in [0, 0.1) is 5.92 Å². The number of ether oxygens (including phenoxy) is 2. The molecule has 17 nitrogen and oxygen atoms in total. The molecule has 4 unspecified atom stereocenters. The van der Waals surface area contributed by atoms with E-state index in [0.29, 0.717) is 0 Å². The maximum atomic E-state index is 13.2. The smallest absolute Gasteiger partial charge is 0.371 e. The van der Waals surface area contributed by atoms with E-state index >= 15 is 0 Å². The van der Waals surface area contributed by atoms with E-state index in [1.165, 1.54) is 13.0 Å². The summed E-state index contributed by atoms with van der Waals surface area (Å²) in [5, 5.41) is 67.0. The van der Waals surface area contributed by atoms with Crippen molar-refractivity contribution >= 4 is 19.4 Å². The normalized spacial score (nSPS) is 37.6. The predicted octanol–water partition coefficient (Wildman–Crippen LogP) is -4.07. The highest BCUT2D eigenvalue weighted by molar-refractivity contribution is 7.55. The summed E-state index contributed by atoms with van der Waals surface area (Å²) in [7, 11) is -5.45. The van der Waals surface area contributed by atoms with E-state index in [1.54, 1.807) is 0 Å². The molecule has 0 spiro atoms. The van der Waals surface area contributed by atoms with Crippen LogP contribution in [0.5, 0.6) is 0 Å². The zero-order valence-electron chi connectivity index (χ0n) is 19.4. The van der Waals surface area contributed by atoms with Crippen molar-refractivity contribution < 1.29 is 64.0 Å². The summed E-state index contributed by atoms with van der Waals surface area (Å²) < 4.78 is 29.7. The monoisotopic (exact) mass is 555 g/mol. The van der Waals surface area contributed by atoms with Gasteiger partial charge in [-0.05, 0) is 6.07 Å². The lowest BCUT2D eigenvalue weighted by Gasteiger charge is -2.46. The van der Waals surface area contributed by atoms with E-state index in [4.69, 9.17) is 24.8 Å². The summed E-state index contributed by atoms with van der Waals surface area (Å²) in [4.78, 5) is 38.4. The number of hydrogen-bond donors (Lipinski definition) is 9. The van der Waals surface area contributed by atoms with Gasteiger partial charge in [0.05, 0.1) is 25.4 Å². The largest absolute Gasteiger partial charge is 0.479 e. The number of nitrogens with zero attached hydrogens (tertiary/aromatic N) is 2. The molecule has 0 bridgehead atoms. The lowest BCUT2D eigenvalue weighted by Crippen LogP contribution is -2.60. The van der Waals surface area contributed by atoms with Crippen LogP contribution in [0.3, 0.4) is 0 Å². The van der Waals surface area contributed by atoms with Crippen molar-refractivity contribution in [1.82, 2.24) is 9.55 Å². The number of aromatic nitrogens is 2. The summed E-state index contributed by atoms with van der Waals surface area (Å²) in [6, 6.07) is 1.22. The fraction of sp³-hybridized carbons (Fsp3) is 0.737. The Morgan fingerprint density at radius 2 is 2.00 bits per heavy atom. The maximum absolute atomic E-state index is 13.2. The Labute approximate surface area is 208 Å². The third-order valence-electron chi connectivity index (χ3n) is 6.53. The van der Waals surface area contributed by atoms with Crippen LogP contribution in [0.15, 0.2) is 17.1 Å². The van der Waals surface area contributed by atoms with Gasteiger partial charge in [0, 0.05) is 18.5 Å². The first-order valence-electron chi connectivity index (χ1n) is 11.1. The fourth-order valence-electron chi connectivity index (χ4n) is 4.21. The predicted molar refractivity (Wildman–Crippen MR) is 119 cm³/mol. The molecule has 2 aliphatic heterocycles. The first-order valence-corrected chi connectivity index (χ1v) is 12.6. The van der Waals surface area contributed by atoms with E-state index in [1.807, 2.05) is 0 Å². The van der Waals surface area contributed by atoms with E-state index in [0.717, 1.165) is 10.8 Å². The van der Waals surface area contributed by atoms with Crippen molar-refractivity contribution in [1.29, 1.82) is 0 Å². The van der Waals surface area contributed by atoms with Crippen molar-refractivity contribution in [2.45, 2.75) is 67.6 Å². The lowest BCUT2D eigenvalue weighted by molar-refractivity contribution is -0.219. The summed E-state index contributed by atoms with van der Waals surface area (Å²) >= 11 is 0. The number of anilines is 1. The van der Waals surface area contributed by atoms with Gasteiger partial charge >= 0.3 is 19.3 Å². The Morgan fingerprint density at radius 1 is 1.35 bits per heavy atom. The second-order valence-electron chi connectivity index (χ2n) is 8.95. The van der Waals surface area contributed by atoms with Gasteiger partial charge in [0.1, 0.15) is 36.3 Å². The zero-order valence-corrected chi connectivity index (χ0v) is 20.3. The number of carboxylic acid groups (broad SMARTS) is 1. The first kappa shape index (κ1) is 29.5. The molecule has 3 heterocycles. The molecule has 37 heavy (non-hydrogen) atoms. The molecule has 2 fully saturated rings. The average Bonchev–Trinajstić information content (AvgIpc) is 3.11. The number of aliphatic hydroxyl groups is 6. The number of nitrogens with two attached hydrogens (primary N) is 1. The molecular weight excluding hydrogens is 525 g/mol. The highest BCUT2D eigenvalue weighted by atomic mass is 31.2. The lowest BCUT2D eigenvalue weighted by atomic mass is 9.85. The SMILES string of the molecule is C[C@H]1C([C@H](O)[C@H](O)CO)OC(C(=O)O)(P(=O)(O)OC[C@H]2O[C@@H](n3ccc(N)nc3=O)C(O)[C@H]2O)C[C@H]1O. The van der Waals surface area contributed by atoms with Crippen LogP contribution in [0.4, 0.5) is 5.82 Å². The van der Waals surface area contributed by atoms with Gasteiger partial charge in [0.2, 0.25) is 0 Å². The van der Waals surface area contributed by atoms with E-state index in [2.05, 4.69) is 4.98 Å². The molecule has 0 amide bonds. The zero-order chi connectivity index (χ0) is 27.9. The number of hydrogen-bond acceptors (Lipinski definition) is 14. The van der Waals surface area contributed by atoms with Crippen LogP contribution in [-0.4, -0.2) is 117 Å². The number of carbonyl (C=O) groups is 1. The molecule has 0 saturated carbocycles. The molecule has 0 radical (unpaired) electrons. The minimum Gasteiger partial charge on any atom is -0.479 e. The van der Waals surface area contributed by atoms with Crippen molar-refractivity contribution in [2.24, 2.45) is 5.92 Å². The number of nitrogen functional groups attached to an aromatic ring is 1. The number of aliphatic carboxylic acids is 1. The molecule has 2 aliphatic rings. The summed E-state index contributed by atoms with van der Waals surface area (Å²) in [6.07, 6.45) is -13.5. The van der Waals surface area contributed by atoms with Crippen molar-refractivity contribution in [3.63, 3.8) is 0 Å². The Balaban J connectivity index is 1.82. The van der Waals surface area contributed by atoms with Crippen LogP contribution >= 0.6 is 7.60 Å². The van der Waals surface area contributed by atoms with Gasteiger partial charge in [-0.15, -0.1) is 0 Å². The van der Waals surface area contributed by atoms with E-state index in [9.17, 15) is 49.7 Å². The maximum Gasteiger partial charge on any atom is 0.371 e. The van der Waals surface area contributed by atoms with Gasteiger partial charge in [-0.3, -0.25) is 9.13 Å². The molecule has 18 heteroatoms. The third kappa shape index (κ3) is 5.43. The van der Waals surface area contributed by atoms with Crippen LogP contribution in [0.25, 0.3) is 0 Å². The van der Waals surface area contributed by atoms with Crippen LogP contribution in [0.1, 0.15) is 19.6 Å². The topological polar surface area (TPSA) is 285 Å². The van der Waals surface area contributed by atoms with Gasteiger partial charge < -0.3 is 60.4 Å². The quantitative estimate of drug-likeness (QED) is 0.131. The van der Waals surface area contributed by atoms with Gasteiger partial charge in [-0.1, -0.05) is 6.92 Å². The molecule has 0 aromatic carbocycles. The molecule has 210 valence electrons. The molecule has 11 atom stereocenters. The standard InChI is InChI=1S/C19H30N3O14P/c1-7-8(24)4-19(17(29)30,36-15(7)12(26)9(25)5-23)37(32,33)34-6-10-13(27)14(28)16(35-10)22-3-2-11(20)21-18(22)31/h2-3,7-10,12-16,23-28H,4-6H2,1H3,(H,29,30)(H,32,33)(H2,20,21,31)/t7-,8-,9-,10-,12-,13+,14?,15?,16-,19?/m1/s1. The summed E-state index contributed by atoms with van der Waals surface area (Å²) in [6.45, 7) is -0.601. The summed E-state index contributed by atoms with van der Waals surface area (Å²) in [5.41, 5.74) is 4.49. The molecule has 0 aliphatic carbocycles. The second kappa shape index (κ2) is 11.0. The minimum atomic E-state index is -5.45. The van der Waals surface area contributed by atoms with Crippen molar-refractivity contribution in [3.05, 3.63) is 22.7 Å².